The van der Waals surface area contributed by atoms with E-state index in [4.69, 9.17) is 5.73 Å². The standard InChI is InChI=1S/C28H36NP/c1-5-7-8-17-25-23(16-11-13-20(3)27(30)12-6-2)24-18-21-14-9-10-15-22(21)19-26(24)28(25,4)29/h5,8-11,13-15,17-20,27H,1,6-7,12,16,29-30H2,2-4H3/b13-11-,17-8-. The fraction of sp³-hybridized carbons (Fsp3) is 0.357. The van der Waals surface area contributed by atoms with Gasteiger partial charge >= 0.3 is 0 Å². The smallest absolute Gasteiger partial charge is 0.0645 e. The van der Waals surface area contributed by atoms with E-state index in [9.17, 15) is 0 Å². The van der Waals surface area contributed by atoms with Gasteiger partial charge in [-0.2, -0.15) is 0 Å². The van der Waals surface area contributed by atoms with Crippen molar-refractivity contribution in [2.75, 3.05) is 0 Å². The highest BCUT2D eigenvalue weighted by atomic mass is 31.0. The van der Waals surface area contributed by atoms with Crippen molar-refractivity contribution in [1.82, 2.24) is 0 Å². The minimum absolute atomic E-state index is 0.489. The molecule has 1 nitrogen and oxygen atoms in total. The highest BCUT2D eigenvalue weighted by molar-refractivity contribution is 7.17. The van der Waals surface area contributed by atoms with Crippen LogP contribution in [0.3, 0.4) is 0 Å². The second-order valence-corrected chi connectivity index (χ2v) is 9.57. The van der Waals surface area contributed by atoms with Gasteiger partial charge in [0.25, 0.3) is 0 Å². The van der Waals surface area contributed by atoms with Gasteiger partial charge in [-0.3, -0.25) is 0 Å². The lowest BCUT2D eigenvalue weighted by Gasteiger charge is -2.23. The zero-order valence-electron chi connectivity index (χ0n) is 18.7. The van der Waals surface area contributed by atoms with Crippen LogP contribution in [-0.2, 0) is 5.54 Å². The summed E-state index contributed by atoms with van der Waals surface area (Å²) in [5, 5.41) is 2.52. The fourth-order valence-electron chi connectivity index (χ4n) is 4.44. The van der Waals surface area contributed by atoms with Crippen molar-refractivity contribution in [3.05, 3.63) is 90.1 Å². The Morgan fingerprint density at radius 1 is 1.17 bits per heavy atom. The van der Waals surface area contributed by atoms with Gasteiger partial charge in [-0.25, -0.2) is 0 Å². The number of fused-ring (bicyclic) bond motifs is 2. The van der Waals surface area contributed by atoms with Gasteiger partial charge in [0.1, 0.15) is 0 Å². The first-order valence-electron chi connectivity index (χ1n) is 11.2. The predicted octanol–water partition coefficient (Wildman–Crippen LogP) is 7.54. The van der Waals surface area contributed by atoms with Gasteiger partial charge in [0.2, 0.25) is 0 Å². The largest absolute Gasteiger partial charge is 0.318 e. The summed E-state index contributed by atoms with van der Waals surface area (Å²) in [6.45, 7) is 10.6. The lowest BCUT2D eigenvalue weighted by atomic mass is 9.88. The predicted molar refractivity (Wildman–Crippen MR) is 138 cm³/mol. The van der Waals surface area contributed by atoms with E-state index in [1.54, 1.807) is 0 Å². The van der Waals surface area contributed by atoms with Gasteiger partial charge < -0.3 is 5.73 Å². The van der Waals surface area contributed by atoms with Crippen molar-refractivity contribution in [3.8, 4) is 0 Å². The zero-order valence-corrected chi connectivity index (χ0v) is 19.9. The number of allylic oxidation sites excluding steroid dienone is 5. The van der Waals surface area contributed by atoms with Crippen molar-refractivity contribution in [2.24, 2.45) is 11.7 Å². The first-order valence-corrected chi connectivity index (χ1v) is 11.8. The average molecular weight is 418 g/mol. The van der Waals surface area contributed by atoms with Crippen LogP contribution in [0, 0.1) is 5.92 Å². The average Bonchev–Trinajstić information content (AvgIpc) is 2.93. The first kappa shape index (κ1) is 22.7. The fourth-order valence-corrected chi connectivity index (χ4v) is 4.90. The van der Waals surface area contributed by atoms with Crippen LogP contribution < -0.4 is 5.73 Å². The Bertz CT molecular complexity index is 993. The van der Waals surface area contributed by atoms with E-state index < -0.39 is 5.54 Å². The summed E-state index contributed by atoms with van der Waals surface area (Å²) in [4.78, 5) is 0. The molecule has 2 aromatic rings. The molecule has 4 unspecified atom stereocenters. The van der Waals surface area contributed by atoms with Crippen LogP contribution in [0.15, 0.2) is 78.9 Å². The molecule has 30 heavy (non-hydrogen) atoms. The van der Waals surface area contributed by atoms with E-state index in [0.29, 0.717) is 11.6 Å². The first-order chi connectivity index (χ1) is 14.4. The molecule has 0 saturated carbocycles. The van der Waals surface area contributed by atoms with Crippen LogP contribution in [0.1, 0.15) is 57.6 Å². The van der Waals surface area contributed by atoms with Crippen LogP contribution in [0.25, 0.3) is 16.3 Å². The molecule has 0 aromatic heterocycles. The van der Waals surface area contributed by atoms with Crippen molar-refractivity contribution in [2.45, 2.75) is 57.7 Å². The number of hydrogen-bond donors (Lipinski definition) is 1. The minimum Gasteiger partial charge on any atom is -0.318 e. The van der Waals surface area contributed by atoms with Crippen molar-refractivity contribution < 1.29 is 0 Å². The molecule has 1 aliphatic carbocycles. The summed E-state index contributed by atoms with van der Waals surface area (Å²) in [6, 6.07) is 13.2. The quantitative estimate of drug-likeness (QED) is 0.331. The van der Waals surface area contributed by atoms with Crippen LogP contribution in [0.2, 0.25) is 0 Å². The number of nitrogens with two attached hydrogens (primary N) is 1. The summed E-state index contributed by atoms with van der Waals surface area (Å²) >= 11 is 0. The maximum Gasteiger partial charge on any atom is 0.0645 e. The summed E-state index contributed by atoms with van der Waals surface area (Å²) in [5.74, 6) is 0.553. The molecule has 0 aliphatic heterocycles. The summed E-state index contributed by atoms with van der Waals surface area (Å²) < 4.78 is 0. The van der Waals surface area contributed by atoms with Crippen LogP contribution in [0.5, 0.6) is 0 Å². The molecule has 3 rings (SSSR count). The summed E-state index contributed by atoms with van der Waals surface area (Å²) in [6.07, 6.45) is 15.2. The Hall–Kier alpha value is -1.95. The summed E-state index contributed by atoms with van der Waals surface area (Å²) in [7, 11) is 3.01. The molecule has 2 heteroatoms. The molecule has 0 saturated heterocycles. The number of hydrogen-bond acceptors (Lipinski definition) is 1. The van der Waals surface area contributed by atoms with Gasteiger partial charge in [-0.15, -0.1) is 15.8 Å². The second-order valence-electron chi connectivity index (χ2n) is 8.71. The van der Waals surface area contributed by atoms with E-state index in [-0.39, 0.29) is 0 Å². The topological polar surface area (TPSA) is 26.0 Å². The van der Waals surface area contributed by atoms with Crippen LogP contribution in [-0.4, -0.2) is 5.66 Å². The SMILES string of the molecule is C=CC/C=C\C1=C(C/C=C\C(C)C(P)CCC)c2cc3ccccc3cc2C1(C)N. The number of benzene rings is 2. The lowest BCUT2D eigenvalue weighted by molar-refractivity contribution is 0.614. The highest BCUT2D eigenvalue weighted by Gasteiger charge is 2.36. The van der Waals surface area contributed by atoms with Gasteiger partial charge in [0.05, 0.1) is 5.54 Å². The van der Waals surface area contributed by atoms with Crippen molar-refractivity contribution in [1.29, 1.82) is 0 Å². The van der Waals surface area contributed by atoms with E-state index >= 15 is 0 Å². The van der Waals surface area contributed by atoms with Gasteiger partial charge in [0.15, 0.2) is 0 Å². The van der Waals surface area contributed by atoms with Gasteiger partial charge in [-0.05, 0) is 82.9 Å². The molecule has 158 valence electrons. The Labute approximate surface area is 185 Å². The summed E-state index contributed by atoms with van der Waals surface area (Å²) in [5.41, 5.74) is 12.2. The molecule has 0 amide bonds. The molecule has 0 heterocycles. The minimum atomic E-state index is -0.489. The molecule has 4 atom stereocenters. The van der Waals surface area contributed by atoms with E-state index in [1.165, 1.54) is 45.9 Å². The van der Waals surface area contributed by atoms with E-state index in [0.717, 1.165) is 12.8 Å². The van der Waals surface area contributed by atoms with Crippen LogP contribution in [0.4, 0.5) is 0 Å². The van der Waals surface area contributed by atoms with E-state index in [1.807, 2.05) is 6.08 Å². The van der Waals surface area contributed by atoms with Crippen molar-refractivity contribution >= 4 is 25.6 Å². The molecule has 0 fully saturated rings. The third-order valence-corrected chi connectivity index (χ3v) is 7.24. The lowest BCUT2D eigenvalue weighted by Crippen LogP contribution is -2.32. The molecule has 0 radical (unpaired) electrons. The monoisotopic (exact) mass is 417 g/mol. The van der Waals surface area contributed by atoms with Gasteiger partial charge in [0, 0.05) is 0 Å². The maximum atomic E-state index is 6.95. The van der Waals surface area contributed by atoms with Gasteiger partial charge in [-0.1, -0.05) is 74.9 Å². The molecular weight excluding hydrogens is 381 g/mol. The molecule has 0 spiro atoms. The third kappa shape index (κ3) is 4.69. The van der Waals surface area contributed by atoms with E-state index in [2.05, 4.69) is 97.3 Å². The third-order valence-electron chi connectivity index (χ3n) is 6.30. The Morgan fingerprint density at radius 3 is 2.53 bits per heavy atom. The molecule has 1 aliphatic rings. The second kappa shape index (κ2) is 9.90. The maximum absolute atomic E-state index is 6.95. The Morgan fingerprint density at radius 2 is 1.87 bits per heavy atom. The van der Waals surface area contributed by atoms with Crippen LogP contribution >= 0.6 is 9.24 Å². The number of rotatable bonds is 9. The molecule has 0 bridgehead atoms. The normalized spacial score (nSPS) is 21.0. The van der Waals surface area contributed by atoms with Crippen molar-refractivity contribution in [3.63, 3.8) is 0 Å². The Balaban J connectivity index is 2.02. The highest BCUT2D eigenvalue weighted by Crippen LogP contribution is 2.46. The molecule has 2 N–H and O–H groups in total. The zero-order chi connectivity index (χ0) is 21.7. The Kier molecular flexibility index (Phi) is 7.50. The molecular formula is C28H36NP. The molecule has 2 aromatic carbocycles.